The lowest BCUT2D eigenvalue weighted by Crippen LogP contribution is -1.97. The van der Waals surface area contributed by atoms with Crippen LogP contribution < -0.4 is 0 Å². The number of rotatable bonds is 44. The molecule has 0 atom stereocenters. The van der Waals surface area contributed by atoms with Crippen molar-refractivity contribution in [2.24, 2.45) is 0 Å². The summed E-state index contributed by atoms with van der Waals surface area (Å²) in [5, 5.41) is 0. The molecule has 0 aliphatic carbocycles. The predicted octanol–water partition coefficient (Wildman–Crippen LogP) is 19.5. The van der Waals surface area contributed by atoms with Gasteiger partial charge in [-0.1, -0.05) is 289 Å². The van der Waals surface area contributed by atoms with E-state index in [1.807, 2.05) is 0 Å². The van der Waals surface area contributed by atoms with Crippen LogP contribution in [-0.2, 0) is 12.8 Å². The lowest BCUT2D eigenvalue weighted by Gasteiger charge is -2.12. The lowest BCUT2D eigenvalue weighted by molar-refractivity contribution is 0.520. The molecule has 312 valence electrons. The minimum atomic E-state index is 1.29. The van der Waals surface area contributed by atoms with Crippen LogP contribution in [0.25, 0.3) is 0 Å². The third-order valence-electron chi connectivity index (χ3n) is 12.7. The standard InChI is InChI=1S/C53H100/c1-4-6-8-10-12-14-16-18-20-22-24-26-28-30-32-34-36-38-40-42-44-47-52-49-46-50-53(51(52)3)48-45-43-41-39-37-35-33-31-29-27-25-23-21-19-17-15-13-11-9-7-5-2/h46,49-50H,4-45,47-48H2,1-3H3. The Labute approximate surface area is 337 Å². The Kier molecular flexibility index (Phi) is 40.2. The molecule has 1 aromatic rings. The highest BCUT2D eigenvalue weighted by Crippen LogP contribution is 2.21. The highest BCUT2D eigenvalue weighted by atomic mass is 14.1. The van der Waals surface area contributed by atoms with Gasteiger partial charge in [0.25, 0.3) is 0 Å². The fourth-order valence-corrected chi connectivity index (χ4v) is 8.77. The van der Waals surface area contributed by atoms with E-state index >= 15 is 0 Å². The largest absolute Gasteiger partial charge is 0.0654 e. The monoisotopic (exact) mass is 737 g/mol. The van der Waals surface area contributed by atoms with Crippen LogP contribution in [-0.4, -0.2) is 0 Å². The van der Waals surface area contributed by atoms with Gasteiger partial charge in [0.1, 0.15) is 0 Å². The van der Waals surface area contributed by atoms with E-state index in [0.29, 0.717) is 0 Å². The number of unbranched alkanes of at least 4 members (excludes halogenated alkanes) is 40. The Bertz CT molecular complexity index is 757. The first-order chi connectivity index (χ1) is 26.3. The SMILES string of the molecule is CCCCCCCCCCCCCCCCCCCCCCCc1cccc(CCCCCCCCCCCCCCCCCCCCCCC)c1C. The Hall–Kier alpha value is -0.780. The van der Waals surface area contributed by atoms with Crippen LogP contribution in [0.3, 0.4) is 0 Å². The van der Waals surface area contributed by atoms with Crippen molar-refractivity contribution in [1.29, 1.82) is 0 Å². The van der Waals surface area contributed by atoms with Gasteiger partial charge in [-0.25, -0.2) is 0 Å². The molecule has 0 aromatic heterocycles. The number of hydrogen-bond acceptors (Lipinski definition) is 0. The van der Waals surface area contributed by atoms with E-state index in [4.69, 9.17) is 0 Å². The number of benzene rings is 1. The second-order valence-corrected chi connectivity index (χ2v) is 17.8. The second kappa shape index (κ2) is 42.4. The van der Waals surface area contributed by atoms with Crippen molar-refractivity contribution in [2.75, 3.05) is 0 Å². The number of hydrogen-bond donors (Lipinski definition) is 0. The Morgan fingerprint density at radius 1 is 0.245 bits per heavy atom. The van der Waals surface area contributed by atoms with Crippen molar-refractivity contribution in [2.45, 2.75) is 303 Å². The first kappa shape index (κ1) is 50.2. The van der Waals surface area contributed by atoms with E-state index in [1.54, 1.807) is 16.7 Å². The molecular weight excluding hydrogens is 637 g/mol. The zero-order valence-electron chi connectivity index (χ0n) is 37.3. The molecule has 0 saturated carbocycles. The van der Waals surface area contributed by atoms with Crippen molar-refractivity contribution in [3.05, 3.63) is 34.9 Å². The molecule has 1 aromatic carbocycles. The summed E-state index contributed by atoms with van der Waals surface area (Å²) >= 11 is 0. The molecule has 0 heterocycles. The Morgan fingerprint density at radius 2 is 0.415 bits per heavy atom. The van der Waals surface area contributed by atoms with Gasteiger partial charge in [-0.3, -0.25) is 0 Å². The third-order valence-corrected chi connectivity index (χ3v) is 12.7. The second-order valence-electron chi connectivity index (χ2n) is 17.8. The molecular formula is C53H100. The van der Waals surface area contributed by atoms with E-state index in [-0.39, 0.29) is 0 Å². The van der Waals surface area contributed by atoms with Gasteiger partial charge in [-0.05, 0) is 49.3 Å². The molecule has 0 nitrogen and oxygen atoms in total. The minimum Gasteiger partial charge on any atom is -0.0654 e. The summed E-state index contributed by atoms with van der Waals surface area (Å²) in [4.78, 5) is 0. The summed E-state index contributed by atoms with van der Waals surface area (Å²) in [5.41, 5.74) is 4.86. The fourth-order valence-electron chi connectivity index (χ4n) is 8.77. The molecule has 1 rings (SSSR count). The van der Waals surface area contributed by atoms with E-state index in [1.165, 1.54) is 283 Å². The molecule has 0 N–H and O–H groups in total. The summed E-state index contributed by atoms with van der Waals surface area (Å²) in [6, 6.07) is 7.16. The van der Waals surface area contributed by atoms with Gasteiger partial charge in [-0.2, -0.15) is 0 Å². The fraction of sp³-hybridized carbons (Fsp3) is 0.887. The van der Waals surface area contributed by atoms with Crippen LogP contribution in [0.2, 0.25) is 0 Å². The van der Waals surface area contributed by atoms with Gasteiger partial charge in [0.15, 0.2) is 0 Å². The van der Waals surface area contributed by atoms with Gasteiger partial charge < -0.3 is 0 Å². The van der Waals surface area contributed by atoms with Crippen LogP contribution in [0.4, 0.5) is 0 Å². The van der Waals surface area contributed by atoms with E-state index in [0.717, 1.165) is 0 Å². The minimum absolute atomic E-state index is 1.29. The normalized spacial score (nSPS) is 11.6. The third kappa shape index (κ3) is 35.4. The molecule has 0 bridgehead atoms. The maximum absolute atomic E-state index is 2.41. The molecule has 0 fully saturated rings. The molecule has 0 heteroatoms. The summed E-state index contributed by atoms with van der Waals surface area (Å²) in [6.45, 7) is 7.02. The summed E-state index contributed by atoms with van der Waals surface area (Å²) < 4.78 is 0. The van der Waals surface area contributed by atoms with Gasteiger partial charge in [0.2, 0.25) is 0 Å². The predicted molar refractivity (Wildman–Crippen MR) is 244 cm³/mol. The molecule has 53 heavy (non-hydrogen) atoms. The smallest absolute Gasteiger partial charge is 0.0276 e. The lowest BCUT2D eigenvalue weighted by atomic mass is 9.94. The summed E-state index contributed by atoms with van der Waals surface area (Å²) in [7, 11) is 0. The van der Waals surface area contributed by atoms with Crippen LogP contribution >= 0.6 is 0 Å². The maximum atomic E-state index is 2.41. The van der Waals surface area contributed by atoms with Crippen molar-refractivity contribution in [3.63, 3.8) is 0 Å². The Morgan fingerprint density at radius 3 is 0.604 bits per heavy atom. The number of aryl methyl sites for hydroxylation is 2. The molecule has 0 saturated heterocycles. The van der Waals surface area contributed by atoms with Crippen LogP contribution in [0.15, 0.2) is 18.2 Å². The summed E-state index contributed by atoms with van der Waals surface area (Å²) in [5.74, 6) is 0. The quantitative estimate of drug-likeness (QED) is 0.0585. The van der Waals surface area contributed by atoms with Crippen molar-refractivity contribution in [1.82, 2.24) is 0 Å². The molecule has 0 unspecified atom stereocenters. The van der Waals surface area contributed by atoms with Gasteiger partial charge in [0.05, 0.1) is 0 Å². The molecule has 0 radical (unpaired) electrons. The Balaban J connectivity index is 1.84. The average molecular weight is 737 g/mol. The maximum Gasteiger partial charge on any atom is -0.0276 e. The van der Waals surface area contributed by atoms with Crippen LogP contribution in [0, 0.1) is 6.92 Å². The van der Waals surface area contributed by atoms with Crippen molar-refractivity contribution in [3.8, 4) is 0 Å². The average Bonchev–Trinajstić information content (AvgIpc) is 3.17. The molecule has 0 aliphatic rings. The highest BCUT2D eigenvalue weighted by Gasteiger charge is 2.05. The first-order valence-corrected chi connectivity index (χ1v) is 25.4. The van der Waals surface area contributed by atoms with Crippen molar-refractivity contribution >= 4 is 0 Å². The van der Waals surface area contributed by atoms with Crippen LogP contribution in [0.1, 0.15) is 300 Å². The molecule has 0 amide bonds. The topological polar surface area (TPSA) is 0 Å². The summed E-state index contributed by atoms with van der Waals surface area (Å²) in [6.07, 6.45) is 64.0. The zero-order chi connectivity index (χ0) is 38.0. The molecule has 0 spiro atoms. The van der Waals surface area contributed by atoms with E-state index < -0.39 is 0 Å². The van der Waals surface area contributed by atoms with Gasteiger partial charge >= 0.3 is 0 Å². The van der Waals surface area contributed by atoms with Gasteiger partial charge in [-0.15, -0.1) is 0 Å². The van der Waals surface area contributed by atoms with E-state index in [2.05, 4.69) is 39.0 Å². The highest BCUT2D eigenvalue weighted by molar-refractivity contribution is 5.34. The van der Waals surface area contributed by atoms with E-state index in [9.17, 15) is 0 Å². The first-order valence-electron chi connectivity index (χ1n) is 25.4. The molecule has 0 aliphatic heterocycles. The van der Waals surface area contributed by atoms with Crippen molar-refractivity contribution < 1.29 is 0 Å². The van der Waals surface area contributed by atoms with Crippen LogP contribution in [0.5, 0.6) is 0 Å². The zero-order valence-corrected chi connectivity index (χ0v) is 37.3. The van der Waals surface area contributed by atoms with Gasteiger partial charge in [0, 0.05) is 0 Å².